The number of amides is 1. The summed E-state index contributed by atoms with van der Waals surface area (Å²) in [6, 6.07) is 12.3. The Morgan fingerprint density at radius 2 is 1.68 bits per heavy atom. The standard InChI is InChI=1S/C25H31N5O6S/c26-25(27)28-16-19(31)14-17-9-11-18(12-10-17)15-21(24(33)34)29-23(32)22-8-4-5-13-30(22)37(35,36)20-6-2-1-3-7-20/h1-3,6-7,9-12,21-22H,4-5,8,13-16H2,(H,29,32)(H,33,34)(H4,26,27,28)/t21?,22-/m0/s1. The monoisotopic (exact) mass is 529 g/mol. The normalized spacial score (nSPS) is 16.9. The number of sulfonamides is 1. The first-order valence-corrected chi connectivity index (χ1v) is 13.3. The molecule has 0 radical (unpaired) electrons. The van der Waals surface area contributed by atoms with Crippen molar-refractivity contribution in [3.05, 3.63) is 65.7 Å². The van der Waals surface area contributed by atoms with Gasteiger partial charge in [-0.3, -0.25) is 9.59 Å². The number of aliphatic carboxylic acids is 1. The predicted octanol–water partition coefficient (Wildman–Crippen LogP) is 0.427. The van der Waals surface area contributed by atoms with Gasteiger partial charge in [-0.1, -0.05) is 48.9 Å². The van der Waals surface area contributed by atoms with E-state index in [0.717, 1.165) is 4.31 Å². The van der Waals surface area contributed by atoms with Crippen LogP contribution in [0.4, 0.5) is 0 Å². The van der Waals surface area contributed by atoms with E-state index in [9.17, 15) is 27.9 Å². The zero-order chi connectivity index (χ0) is 27.0. The summed E-state index contributed by atoms with van der Waals surface area (Å²) in [6.45, 7) is 0.0474. The Morgan fingerprint density at radius 3 is 2.30 bits per heavy atom. The van der Waals surface area contributed by atoms with E-state index in [1.54, 1.807) is 42.5 Å². The fourth-order valence-corrected chi connectivity index (χ4v) is 5.82. The molecule has 2 aromatic rings. The summed E-state index contributed by atoms with van der Waals surface area (Å²) >= 11 is 0. The molecule has 0 bridgehead atoms. The van der Waals surface area contributed by atoms with Gasteiger partial charge in [0.05, 0.1) is 4.90 Å². The Morgan fingerprint density at radius 1 is 1.03 bits per heavy atom. The molecule has 12 heteroatoms. The van der Waals surface area contributed by atoms with E-state index >= 15 is 0 Å². The molecule has 3 rings (SSSR count). The molecule has 6 N–H and O–H groups in total. The van der Waals surface area contributed by atoms with E-state index in [0.29, 0.717) is 30.4 Å². The third-order valence-corrected chi connectivity index (χ3v) is 7.95. The van der Waals surface area contributed by atoms with Gasteiger partial charge in [0.25, 0.3) is 0 Å². The van der Waals surface area contributed by atoms with Crippen LogP contribution in [0.2, 0.25) is 0 Å². The third kappa shape index (κ3) is 7.61. The number of aliphatic imine (C=N–C) groups is 1. The van der Waals surface area contributed by atoms with Gasteiger partial charge in [0.15, 0.2) is 11.7 Å². The van der Waals surface area contributed by atoms with Crippen LogP contribution in [-0.4, -0.2) is 66.6 Å². The zero-order valence-electron chi connectivity index (χ0n) is 20.2. The number of piperidine rings is 1. The number of carbonyl (C=O) groups is 3. The van der Waals surface area contributed by atoms with Gasteiger partial charge in [-0.2, -0.15) is 4.31 Å². The number of carbonyl (C=O) groups excluding carboxylic acids is 2. The van der Waals surface area contributed by atoms with Gasteiger partial charge < -0.3 is 21.9 Å². The van der Waals surface area contributed by atoms with Crippen LogP contribution in [0.5, 0.6) is 0 Å². The summed E-state index contributed by atoms with van der Waals surface area (Å²) in [5, 5.41) is 12.3. The van der Waals surface area contributed by atoms with Crippen molar-refractivity contribution in [1.29, 1.82) is 0 Å². The Bertz CT molecular complexity index is 1240. The third-order valence-electron chi connectivity index (χ3n) is 6.02. The van der Waals surface area contributed by atoms with E-state index < -0.39 is 34.0 Å². The Kier molecular flexibility index (Phi) is 9.36. The highest BCUT2D eigenvalue weighted by atomic mass is 32.2. The summed E-state index contributed by atoms with van der Waals surface area (Å²) < 4.78 is 27.5. The molecule has 198 valence electrons. The number of hydrogen-bond donors (Lipinski definition) is 4. The molecule has 0 saturated carbocycles. The molecule has 1 unspecified atom stereocenters. The number of ketones is 1. The molecule has 0 aliphatic carbocycles. The van der Waals surface area contributed by atoms with E-state index in [4.69, 9.17) is 11.5 Å². The van der Waals surface area contributed by atoms with Crippen LogP contribution in [0.25, 0.3) is 0 Å². The molecular weight excluding hydrogens is 498 g/mol. The van der Waals surface area contributed by atoms with E-state index in [2.05, 4.69) is 10.3 Å². The lowest BCUT2D eigenvalue weighted by atomic mass is 10.0. The van der Waals surface area contributed by atoms with Crippen LogP contribution < -0.4 is 16.8 Å². The molecule has 2 atom stereocenters. The number of nitrogens with one attached hydrogen (secondary N) is 1. The van der Waals surface area contributed by atoms with Gasteiger partial charge in [-0.25, -0.2) is 18.2 Å². The van der Waals surface area contributed by atoms with Gasteiger partial charge >= 0.3 is 5.97 Å². The van der Waals surface area contributed by atoms with Gasteiger partial charge in [-0.15, -0.1) is 0 Å². The van der Waals surface area contributed by atoms with Crippen LogP contribution in [-0.2, 0) is 37.2 Å². The molecule has 1 amide bonds. The molecule has 11 nitrogen and oxygen atoms in total. The zero-order valence-corrected chi connectivity index (χ0v) is 21.1. The second kappa shape index (κ2) is 12.5. The predicted molar refractivity (Wildman–Crippen MR) is 137 cm³/mol. The first-order chi connectivity index (χ1) is 17.6. The average Bonchev–Trinajstić information content (AvgIpc) is 2.88. The van der Waals surface area contributed by atoms with Crippen molar-refractivity contribution in [3.8, 4) is 0 Å². The molecule has 1 heterocycles. The highest BCUT2D eigenvalue weighted by Crippen LogP contribution is 2.25. The summed E-state index contributed by atoms with van der Waals surface area (Å²) in [7, 11) is -3.92. The van der Waals surface area contributed by atoms with Gasteiger partial charge in [0.1, 0.15) is 18.6 Å². The molecule has 1 aliphatic rings. The number of hydrogen-bond acceptors (Lipinski definition) is 6. The van der Waals surface area contributed by atoms with E-state index in [-0.39, 0.29) is 42.6 Å². The van der Waals surface area contributed by atoms with Crippen LogP contribution in [0.1, 0.15) is 30.4 Å². The molecule has 1 aliphatic heterocycles. The van der Waals surface area contributed by atoms with Gasteiger partial charge in [-0.05, 0) is 36.1 Å². The van der Waals surface area contributed by atoms with Gasteiger partial charge in [0, 0.05) is 19.4 Å². The molecule has 2 aromatic carbocycles. The number of benzene rings is 2. The smallest absolute Gasteiger partial charge is 0.326 e. The summed E-state index contributed by atoms with van der Waals surface area (Å²) in [6.07, 6.45) is 1.66. The average molecular weight is 530 g/mol. The van der Waals surface area contributed by atoms with Crippen LogP contribution in [0.15, 0.2) is 64.5 Å². The maximum atomic E-state index is 13.2. The summed E-state index contributed by atoms with van der Waals surface area (Å²) in [4.78, 5) is 40.8. The highest BCUT2D eigenvalue weighted by Gasteiger charge is 2.38. The minimum atomic E-state index is -3.92. The maximum Gasteiger partial charge on any atom is 0.326 e. The summed E-state index contributed by atoms with van der Waals surface area (Å²) in [5.74, 6) is -2.23. The molecule has 1 saturated heterocycles. The lowest BCUT2D eigenvalue weighted by Gasteiger charge is -2.34. The van der Waals surface area contributed by atoms with Crippen molar-refractivity contribution in [3.63, 3.8) is 0 Å². The number of rotatable bonds is 11. The number of Topliss-reactive ketones (excluding diaryl/α,β-unsaturated/α-hetero) is 1. The molecular formula is C25H31N5O6S. The Hall–Kier alpha value is -3.77. The molecule has 0 aromatic heterocycles. The first kappa shape index (κ1) is 27.8. The molecule has 37 heavy (non-hydrogen) atoms. The quantitative estimate of drug-likeness (QED) is 0.238. The number of nitrogens with two attached hydrogens (primary N) is 2. The van der Waals surface area contributed by atoms with Gasteiger partial charge in [0.2, 0.25) is 15.9 Å². The number of guanidine groups is 1. The van der Waals surface area contributed by atoms with Crippen molar-refractivity contribution in [2.24, 2.45) is 16.5 Å². The first-order valence-electron chi connectivity index (χ1n) is 11.8. The van der Waals surface area contributed by atoms with Crippen molar-refractivity contribution in [1.82, 2.24) is 9.62 Å². The van der Waals surface area contributed by atoms with Crippen molar-refractivity contribution >= 4 is 33.6 Å². The van der Waals surface area contributed by atoms with Crippen molar-refractivity contribution in [2.45, 2.75) is 49.1 Å². The van der Waals surface area contributed by atoms with E-state index in [1.807, 2.05) is 0 Å². The molecule has 0 spiro atoms. The molecule has 1 fully saturated rings. The maximum absolute atomic E-state index is 13.2. The fraction of sp³-hybridized carbons (Fsp3) is 0.360. The number of nitrogens with zero attached hydrogens (tertiary/aromatic N) is 2. The van der Waals surface area contributed by atoms with Crippen LogP contribution in [0, 0.1) is 0 Å². The second-order valence-corrected chi connectivity index (χ2v) is 10.7. The lowest BCUT2D eigenvalue weighted by Crippen LogP contribution is -2.55. The highest BCUT2D eigenvalue weighted by molar-refractivity contribution is 7.89. The summed E-state index contributed by atoms with van der Waals surface area (Å²) in [5.41, 5.74) is 11.8. The Balaban J connectivity index is 1.68. The Labute approximate surface area is 215 Å². The van der Waals surface area contributed by atoms with Crippen LogP contribution >= 0.6 is 0 Å². The minimum Gasteiger partial charge on any atom is -0.480 e. The lowest BCUT2D eigenvalue weighted by molar-refractivity contribution is -0.142. The second-order valence-electron chi connectivity index (χ2n) is 8.82. The van der Waals surface area contributed by atoms with Crippen LogP contribution in [0.3, 0.4) is 0 Å². The fourth-order valence-electron chi connectivity index (χ4n) is 4.14. The largest absolute Gasteiger partial charge is 0.480 e. The SMILES string of the molecule is NC(N)=NCC(=O)Cc1ccc(CC(NC(=O)[C@@H]2CCCCN2S(=O)(=O)c2ccccc2)C(=O)O)cc1. The van der Waals surface area contributed by atoms with E-state index in [1.165, 1.54) is 12.1 Å². The topological polar surface area (TPSA) is 185 Å². The minimum absolute atomic E-state index is 0.0124. The van der Waals surface area contributed by atoms with Crippen molar-refractivity contribution in [2.75, 3.05) is 13.1 Å². The number of carboxylic acid groups (broad SMARTS) is 1. The number of carboxylic acids is 1. The van der Waals surface area contributed by atoms with Crippen molar-refractivity contribution < 1.29 is 27.9 Å².